The Kier molecular flexibility index (Phi) is 15.2. The third kappa shape index (κ3) is 10.2. The average Bonchev–Trinajstić information content (AvgIpc) is 2.75. The minimum atomic E-state index is 0. The number of hydrogen-bond donors (Lipinski definition) is 0. The van der Waals surface area contributed by atoms with Crippen molar-refractivity contribution in [2.45, 2.75) is 51.4 Å². The van der Waals surface area contributed by atoms with E-state index in [1.165, 1.54) is 57.9 Å². The van der Waals surface area contributed by atoms with Crippen LogP contribution < -0.4 is 18.9 Å². The second-order valence-corrected chi connectivity index (χ2v) is 4.96. The van der Waals surface area contributed by atoms with Crippen molar-refractivity contribution < 1.29 is 35.9 Å². The van der Waals surface area contributed by atoms with Gasteiger partial charge in [0.2, 0.25) is 0 Å². The molecule has 0 N–H and O–H groups in total. The Balaban J connectivity index is 0. The minimum Gasteiger partial charge on any atom is -0.324 e. The van der Waals surface area contributed by atoms with E-state index in [9.17, 15) is 0 Å². The molecule has 0 heterocycles. The van der Waals surface area contributed by atoms with Gasteiger partial charge in [0.15, 0.2) is 0 Å². The van der Waals surface area contributed by atoms with Crippen LogP contribution in [0.1, 0.15) is 51.4 Å². The maximum atomic E-state index is 2.46. The third-order valence-corrected chi connectivity index (χ3v) is 3.13. The van der Waals surface area contributed by atoms with Crippen LogP contribution in [0.5, 0.6) is 0 Å². The zero-order valence-corrected chi connectivity index (χ0v) is 12.4. The summed E-state index contributed by atoms with van der Waals surface area (Å²) in [5, 5.41) is 0. The summed E-state index contributed by atoms with van der Waals surface area (Å²) in [7, 11) is 4.29. The molecule has 3 heteroatoms. The zero-order valence-electron chi connectivity index (χ0n) is 11.3. The Morgan fingerprint density at radius 3 is 1.81 bits per heavy atom. The maximum Gasteiger partial charge on any atom is 2.00 e. The van der Waals surface area contributed by atoms with Crippen molar-refractivity contribution in [1.29, 1.82) is 0 Å². The largest absolute Gasteiger partial charge is 2.00 e. The van der Waals surface area contributed by atoms with Crippen LogP contribution in [0.3, 0.4) is 0 Å². The van der Waals surface area contributed by atoms with Gasteiger partial charge in [-0.1, -0.05) is 44.9 Å². The summed E-state index contributed by atoms with van der Waals surface area (Å²) < 4.78 is 0. The quantitative estimate of drug-likeness (QED) is 0.516. The van der Waals surface area contributed by atoms with E-state index in [0.717, 1.165) is 5.92 Å². The van der Waals surface area contributed by atoms with E-state index in [1.807, 2.05) is 0 Å². The Morgan fingerprint density at radius 2 is 1.50 bits per heavy atom. The molecule has 0 bridgehead atoms. The van der Waals surface area contributed by atoms with Gasteiger partial charge in [-0.05, 0) is 20.6 Å². The normalized spacial score (nSPS) is 23.1. The molecule has 1 nitrogen and oxygen atoms in total. The van der Waals surface area contributed by atoms with Gasteiger partial charge >= 0.3 is 35.9 Å². The molecule has 90 valence electrons. The molecule has 16 heavy (non-hydrogen) atoms. The second-order valence-electron chi connectivity index (χ2n) is 4.96. The molecule has 2 rings (SSSR count). The molecule has 0 amide bonds. The molecule has 0 spiro atoms. The van der Waals surface area contributed by atoms with Crippen molar-refractivity contribution in [3.8, 4) is 0 Å². The van der Waals surface area contributed by atoms with Crippen LogP contribution in [0, 0.1) is 12.3 Å². The average molecular weight is 259 g/mol. The predicted octanol–water partition coefficient (Wildman–Crippen LogP) is 0.504. The van der Waals surface area contributed by atoms with Gasteiger partial charge in [-0.25, -0.2) is 0 Å². The third-order valence-electron chi connectivity index (χ3n) is 3.13. The van der Waals surface area contributed by atoms with Crippen molar-refractivity contribution in [1.82, 2.24) is 4.90 Å². The fourth-order valence-corrected chi connectivity index (χ4v) is 2.37. The van der Waals surface area contributed by atoms with E-state index in [2.05, 4.69) is 25.4 Å². The van der Waals surface area contributed by atoms with Gasteiger partial charge in [0.1, 0.15) is 0 Å². The Labute approximate surface area is 125 Å². The molecule has 0 aromatic carbocycles. The number of nitrogens with zero attached hydrogens (tertiary/aromatic N) is 1. The van der Waals surface area contributed by atoms with Gasteiger partial charge in [0.05, 0.1) is 0 Å². The van der Waals surface area contributed by atoms with Crippen LogP contribution in [0.4, 0.5) is 0 Å². The van der Waals surface area contributed by atoms with Gasteiger partial charge in [-0.2, -0.15) is 12.3 Å². The molecule has 1 atom stereocenters. The molecule has 0 aliphatic heterocycles. The Hall–Kier alpha value is 1.08. The summed E-state index contributed by atoms with van der Waals surface area (Å²) in [5.74, 6) is 0.889. The summed E-state index contributed by atoms with van der Waals surface area (Å²) in [6.45, 7) is 1.25. The molecule has 2 fully saturated rings. The summed E-state index contributed by atoms with van der Waals surface area (Å²) in [6.07, 6.45) is 14.1. The second kappa shape index (κ2) is 12.5. The van der Waals surface area contributed by atoms with Crippen LogP contribution in [0.15, 0.2) is 0 Å². The van der Waals surface area contributed by atoms with Gasteiger partial charge in [-0.15, -0.1) is 0 Å². The van der Waals surface area contributed by atoms with E-state index in [0.29, 0.717) is 0 Å². The molecule has 2 aliphatic carbocycles. The van der Waals surface area contributed by atoms with E-state index < -0.39 is 0 Å². The molecule has 0 saturated heterocycles. The fourth-order valence-electron chi connectivity index (χ4n) is 2.37. The van der Waals surface area contributed by atoms with E-state index in [4.69, 9.17) is 0 Å². The van der Waals surface area contributed by atoms with Gasteiger partial charge in [0.25, 0.3) is 0 Å². The molecule has 1 unspecified atom stereocenters. The number of rotatable bonds is 2. The Bertz CT molecular complexity index is 124. The van der Waals surface area contributed by atoms with Crippen molar-refractivity contribution >= 4 is 0 Å². The first kappa shape index (κ1) is 19.4. The van der Waals surface area contributed by atoms with Crippen LogP contribution in [0.2, 0.25) is 0 Å². The fraction of sp³-hybridized carbons (Fsp3) is 0.923. The van der Waals surface area contributed by atoms with Gasteiger partial charge < -0.3 is 11.3 Å². The smallest absolute Gasteiger partial charge is 0.324 e. The summed E-state index contributed by atoms with van der Waals surface area (Å²) in [4.78, 5) is 2.27. The van der Waals surface area contributed by atoms with E-state index in [-0.39, 0.29) is 35.9 Å². The van der Waals surface area contributed by atoms with E-state index in [1.54, 1.807) is 0 Å². The van der Waals surface area contributed by atoms with Gasteiger partial charge in [0, 0.05) is 0 Å². The minimum absolute atomic E-state index is 0. The molecular weight excluding hydrogens is 233 g/mol. The first-order chi connectivity index (χ1) is 6.79. The van der Waals surface area contributed by atoms with Gasteiger partial charge in [-0.3, -0.25) is 0 Å². The molecule has 0 aromatic rings. The molecule has 0 radical (unpaired) electrons. The van der Waals surface area contributed by atoms with E-state index >= 15 is 0 Å². The van der Waals surface area contributed by atoms with Crippen LogP contribution in [-0.2, 0) is 17.1 Å². The predicted molar refractivity (Wildman–Crippen MR) is 63.3 cm³/mol. The molecule has 2 saturated carbocycles. The number of hydrogen-bond acceptors (Lipinski definition) is 1. The summed E-state index contributed by atoms with van der Waals surface area (Å²) in [5.41, 5.74) is 0. The summed E-state index contributed by atoms with van der Waals surface area (Å²) in [6, 6.07) is 0. The summed E-state index contributed by atoms with van der Waals surface area (Å²) >= 11 is 0. The van der Waals surface area contributed by atoms with Crippen molar-refractivity contribution in [3.63, 3.8) is 0 Å². The molecule has 0 aromatic heterocycles. The maximum absolute atomic E-state index is 2.46. The van der Waals surface area contributed by atoms with Crippen LogP contribution in [-0.4, -0.2) is 25.5 Å². The molecular formula is C13H26FeLiN+2. The first-order valence-corrected chi connectivity index (χ1v) is 6.27. The van der Waals surface area contributed by atoms with Crippen molar-refractivity contribution in [3.05, 3.63) is 6.42 Å². The standard InChI is InChI=1S/C8H16N.C5H10.Fe.Li/c1-9(2)7-8-5-3-4-6-8;1-2-4-5-3-1;;/h5,8H,3-4,6-7H2,1-2H3;1-5H2;;/q-1;;+2;+1. The SMILES string of the molecule is C1CCCC1.CN(C)CC1[CH-]CCC1.[Fe+2].[Li+]. The van der Waals surface area contributed by atoms with Crippen LogP contribution in [0.25, 0.3) is 0 Å². The monoisotopic (exact) mass is 259 g/mol. The zero-order chi connectivity index (χ0) is 10.2. The first-order valence-electron chi connectivity index (χ1n) is 6.27. The molecule has 2 aliphatic rings. The van der Waals surface area contributed by atoms with Crippen molar-refractivity contribution in [2.24, 2.45) is 5.92 Å². The van der Waals surface area contributed by atoms with Crippen LogP contribution >= 0.6 is 0 Å². The van der Waals surface area contributed by atoms with Crippen molar-refractivity contribution in [2.75, 3.05) is 20.6 Å². The Morgan fingerprint density at radius 1 is 1.00 bits per heavy atom. The topological polar surface area (TPSA) is 3.24 Å².